The monoisotopic (exact) mass is 169 g/mol. The summed E-state index contributed by atoms with van der Waals surface area (Å²) in [5.74, 6) is 0. The van der Waals surface area contributed by atoms with Crippen LogP contribution in [0.2, 0.25) is 0 Å². The van der Waals surface area contributed by atoms with Crippen molar-refractivity contribution in [3.05, 3.63) is 17.5 Å². The minimum atomic E-state index is -0.469. The molecule has 0 fully saturated rings. The van der Waals surface area contributed by atoms with Gasteiger partial charge >= 0.3 is 0 Å². The first-order chi connectivity index (χ1) is 5.65. The number of aryl methyl sites for hydroxylation is 2. The van der Waals surface area contributed by atoms with Crippen molar-refractivity contribution in [1.82, 2.24) is 9.78 Å². The van der Waals surface area contributed by atoms with Crippen LogP contribution in [0.25, 0.3) is 0 Å². The van der Waals surface area contributed by atoms with E-state index < -0.39 is 6.10 Å². The molecule has 1 atom stereocenters. The van der Waals surface area contributed by atoms with E-state index in [1.54, 1.807) is 4.68 Å². The Morgan fingerprint density at radius 2 is 2.42 bits per heavy atom. The van der Waals surface area contributed by atoms with Gasteiger partial charge in [-0.15, -0.1) is 0 Å². The van der Waals surface area contributed by atoms with E-state index in [1.807, 2.05) is 20.2 Å². The van der Waals surface area contributed by atoms with Crippen LogP contribution in [-0.4, -0.2) is 21.4 Å². The van der Waals surface area contributed by atoms with Gasteiger partial charge in [0.25, 0.3) is 0 Å². The van der Waals surface area contributed by atoms with Crippen LogP contribution >= 0.6 is 0 Å². The van der Waals surface area contributed by atoms with Crippen molar-refractivity contribution in [2.45, 2.75) is 19.4 Å². The molecule has 0 aliphatic rings. The third-order valence-corrected chi connectivity index (χ3v) is 1.85. The van der Waals surface area contributed by atoms with Gasteiger partial charge in [-0.3, -0.25) is 4.68 Å². The van der Waals surface area contributed by atoms with E-state index in [-0.39, 0.29) is 0 Å². The zero-order chi connectivity index (χ0) is 9.14. The highest BCUT2D eigenvalue weighted by Crippen LogP contribution is 2.18. The van der Waals surface area contributed by atoms with Gasteiger partial charge in [0.05, 0.1) is 11.8 Å². The lowest BCUT2D eigenvalue weighted by molar-refractivity contribution is 0.169. The minimum absolute atomic E-state index is 0.469. The number of aliphatic hydroxyl groups is 1. The van der Waals surface area contributed by atoms with E-state index >= 15 is 0 Å². The molecule has 1 unspecified atom stereocenters. The third kappa shape index (κ3) is 1.84. The van der Waals surface area contributed by atoms with Gasteiger partial charge in [0.1, 0.15) is 0 Å². The Balaban J connectivity index is 2.79. The summed E-state index contributed by atoms with van der Waals surface area (Å²) < 4.78 is 1.70. The van der Waals surface area contributed by atoms with Gasteiger partial charge in [-0.1, -0.05) is 0 Å². The van der Waals surface area contributed by atoms with Crippen LogP contribution in [0.1, 0.15) is 23.8 Å². The van der Waals surface area contributed by atoms with Crippen molar-refractivity contribution in [3.63, 3.8) is 0 Å². The van der Waals surface area contributed by atoms with Crippen molar-refractivity contribution in [2.75, 3.05) is 6.54 Å². The lowest BCUT2D eigenvalue weighted by Gasteiger charge is -2.06. The van der Waals surface area contributed by atoms with Crippen molar-refractivity contribution in [2.24, 2.45) is 12.8 Å². The molecule has 1 aromatic heterocycles. The summed E-state index contributed by atoms with van der Waals surface area (Å²) >= 11 is 0. The van der Waals surface area contributed by atoms with Crippen LogP contribution in [0.5, 0.6) is 0 Å². The number of aromatic nitrogens is 2. The molecule has 0 bridgehead atoms. The summed E-state index contributed by atoms with van der Waals surface area (Å²) in [5, 5.41) is 13.7. The van der Waals surface area contributed by atoms with Crippen molar-refractivity contribution in [3.8, 4) is 0 Å². The molecule has 1 aromatic rings. The molecule has 0 aliphatic carbocycles. The maximum atomic E-state index is 9.58. The Bertz CT molecular complexity index is 257. The van der Waals surface area contributed by atoms with Crippen molar-refractivity contribution >= 4 is 0 Å². The molecule has 12 heavy (non-hydrogen) atoms. The molecule has 0 saturated heterocycles. The van der Waals surface area contributed by atoms with Gasteiger partial charge < -0.3 is 10.8 Å². The van der Waals surface area contributed by atoms with Crippen LogP contribution < -0.4 is 5.73 Å². The summed E-state index contributed by atoms with van der Waals surface area (Å²) in [5.41, 5.74) is 7.09. The second kappa shape index (κ2) is 3.69. The molecule has 3 N–H and O–H groups in total. The molecule has 0 aromatic carbocycles. The van der Waals surface area contributed by atoms with E-state index in [0.29, 0.717) is 13.0 Å². The number of rotatable bonds is 3. The maximum Gasteiger partial charge on any atom is 0.0835 e. The van der Waals surface area contributed by atoms with Gasteiger partial charge in [0, 0.05) is 18.8 Å². The normalized spacial score (nSPS) is 13.3. The van der Waals surface area contributed by atoms with Gasteiger partial charge in [-0.25, -0.2) is 0 Å². The average molecular weight is 169 g/mol. The largest absolute Gasteiger partial charge is 0.388 e. The molecule has 68 valence electrons. The summed E-state index contributed by atoms with van der Waals surface area (Å²) in [6.07, 6.45) is 1.95. The molecule has 4 heteroatoms. The Kier molecular flexibility index (Phi) is 2.83. The van der Waals surface area contributed by atoms with E-state index in [2.05, 4.69) is 5.10 Å². The number of aliphatic hydroxyl groups excluding tert-OH is 1. The Morgan fingerprint density at radius 1 is 1.75 bits per heavy atom. The highest BCUT2D eigenvalue weighted by molar-refractivity contribution is 5.18. The molecule has 0 spiro atoms. The topological polar surface area (TPSA) is 64.1 Å². The van der Waals surface area contributed by atoms with E-state index in [1.165, 1.54) is 0 Å². The standard InChI is InChI=1S/C8H15N3O/c1-6-7(5-11(2)10-6)8(12)3-4-9/h5,8,12H,3-4,9H2,1-2H3. The van der Waals surface area contributed by atoms with Crippen molar-refractivity contribution in [1.29, 1.82) is 0 Å². The summed E-state index contributed by atoms with van der Waals surface area (Å²) in [6.45, 7) is 2.38. The SMILES string of the molecule is Cc1nn(C)cc1C(O)CCN. The zero-order valence-corrected chi connectivity index (χ0v) is 7.49. The third-order valence-electron chi connectivity index (χ3n) is 1.85. The molecule has 4 nitrogen and oxygen atoms in total. The highest BCUT2D eigenvalue weighted by Gasteiger charge is 2.11. The molecular weight excluding hydrogens is 154 g/mol. The smallest absolute Gasteiger partial charge is 0.0835 e. The number of hydrogen-bond acceptors (Lipinski definition) is 3. The highest BCUT2D eigenvalue weighted by atomic mass is 16.3. The lowest BCUT2D eigenvalue weighted by atomic mass is 10.1. The van der Waals surface area contributed by atoms with E-state index in [0.717, 1.165) is 11.3 Å². The molecular formula is C8H15N3O. The minimum Gasteiger partial charge on any atom is -0.388 e. The first-order valence-electron chi connectivity index (χ1n) is 4.03. The Labute approximate surface area is 72.0 Å². The van der Waals surface area contributed by atoms with Crippen LogP contribution in [0.15, 0.2) is 6.20 Å². The van der Waals surface area contributed by atoms with Crippen LogP contribution in [0.4, 0.5) is 0 Å². The predicted octanol–water partition coefficient (Wildman–Crippen LogP) is 0.111. The fraction of sp³-hybridized carbons (Fsp3) is 0.625. The first-order valence-corrected chi connectivity index (χ1v) is 4.03. The maximum absolute atomic E-state index is 9.58. The molecule has 0 radical (unpaired) electrons. The number of nitrogens with zero attached hydrogens (tertiary/aromatic N) is 2. The fourth-order valence-electron chi connectivity index (χ4n) is 1.26. The number of hydrogen-bond donors (Lipinski definition) is 2. The molecule has 0 aliphatic heterocycles. The predicted molar refractivity (Wildman–Crippen MR) is 46.6 cm³/mol. The van der Waals surface area contributed by atoms with Gasteiger partial charge in [-0.05, 0) is 19.9 Å². The Morgan fingerprint density at radius 3 is 2.83 bits per heavy atom. The summed E-state index contributed by atoms with van der Waals surface area (Å²) in [6, 6.07) is 0. The molecule has 0 saturated carbocycles. The van der Waals surface area contributed by atoms with Gasteiger partial charge in [-0.2, -0.15) is 5.10 Å². The zero-order valence-electron chi connectivity index (χ0n) is 7.49. The van der Waals surface area contributed by atoms with Crippen LogP contribution in [-0.2, 0) is 7.05 Å². The summed E-state index contributed by atoms with van der Waals surface area (Å²) in [7, 11) is 1.84. The Hall–Kier alpha value is -0.870. The van der Waals surface area contributed by atoms with E-state index in [9.17, 15) is 5.11 Å². The van der Waals surface area contributed by atoms with Crippen LogP contribution in [0.3, 0.4) is 0 Å². The number of nitrogens with two attached hydrogens (primary N) is 1. The summed E-state index contributed by atoms with van der Waals surface area (Å²) in [4.78, 5) is 0. The fourth-order valence-corrected chi connectivity index (χ4v) is 1.26. The quantitative estimate of drug-likeness (QED) is 0.675. The van der Waals surface area contributed by atoms with Gasteiger partial charge in [0.2, 0.25) is 0 Å². The molecule has 1 rings (SSSR count). The van der Waals surface area contributed by atoms with E-state index in [4.69, 9.17) is 5.73 Å². The average Bonchev–Trinajstić information content (AvgIpc) is 2.30. The second-order valence-electron chi connectivity index (χ2n) is 2.94. The second-order valence-corrected chi connectivity index (χ2v) is 2.94. The van der Waals surface area contributed by atoms with Crippen molar-refractivity contribution < 1.29 is 5.11 Å². The van der Waals surface area contributed by atoms with Crippen LogP contribution in [0, 0.1) is 6.92 Å². The first kappa shape index (κ1) is 9.22. The van der Waals surface area contributed by atoms with Gasteiger partial charge in [0.15, 0.2) is 0 Å². The molecule has 0 amide bonds. The molecule has 1 heterocycles. The lowest BCUT2D eigenvalue weighted by Crippen LogP contribution is -2.06.